The predicted octanol–water partition coefficient (Wildman–Crippen LogP) is 1.73. The summed E-state index contributed by atoms with van der Waals surface area (Å²) in [6, 6.07) is 7.74. The Hall–Kier alpha value is -1.73. The van der Waals surface area contributed by atoms with Crippen LogP contribution in [0, 0.1) is 11.3 Å². The molecule has 0 aromatic heterocycles. The van der Waals surface area contributed by atoms with E-state index in [0.717, 1.165) is 18.7 Å². The van der Waals surface area contributed by atoms with Crippen LogP contribution in [0.25, 0.3) is 0 Å². The van der Waals surface area contributed by atoms with Crippen molar-refractivity contribution in [2.24, 2.45) is 0 Å². The lowest BCUT2D eigenvalue weighted by Gasteiger charge is -2.18. The van der Waals surface area contributed by atoms with Gasteiger partial charge in [-0.25, -0.2) is 0 Å². The van der Waals surface area contributed by atoms with Crippen LogP contribution in [0.5, 0.6) is 0 Å². The molecule has 1 aromatic carbocycles. The maximum absolute atomic E-state index is 9.01. The molecule has 2 atom stereocenters. The highest BCUT2D eigenvalue weighted by Gasteiger charge is 2.24. The van der Waals surface area contributed by atoms with Crippen LogP contribution in [-0.4, -0.2) is 18.8 Å². The first kappa shape index (κ1) is 10.8. The number of nitriles is 1. The van der Waals surface area contributed by atoms with E-state index in [9.17, 15) is 0 Å². The molecule has 1 heterocycles. The molecule has 0 amide bonds. The van der Waals surface area contributed by atoms with E-state index in [4.69, 9.17) is 15.7 Å². The zero-order valence-electron chi connectivity index (χ0n) is 9.23. The second kappa shape index (κ2) is 4.42. The van der Waals surface area contributed by atoms with Crippen LogP contribution in [0.1, 0.15) is 18.9 Å². The van der Waals surface area contributed by atoms with E-state index < -0.39 is 0 Å². The van der Waals surface area contributed by atoms with Crippen LogP contribution < -0.4 is 11.1 Å². The highest BCUT2D eigenvalue weighted by atomic mass is 16.5. The Kier molecular flexibility index (Phi) is 2.97. The Morgan fingerprint density at radius 3 is 3.00 bits per heavy atom. The lowest BCUT2D eigenvalue weighted by Crippen LogP contribution is -2.27. The van der Waals surface area contributed by atoms with E-state index in [1.54, 1.807) is 12.1 Å². The number of anilines is 2. The minimum atomic E-state index is 0.184. The molecule has 0 bridgehead atoms. The molecule has 2 rings (SSSR count). The molecule has 1 aliphatic rings. The van der Waals surface area contributed by atoms with Crippen molar-refractivity contribution < 1.29 is 4.74 Å². The lowest BCUT2D eigenvalue weighted by atomic mass is 10.1. The summed E-state index contributed by atoms with van der Waals surface area (Å²) in [7, 11) is 0. The molecule has 0 saturated carbocycles. The Morgan fingerprint density at radius 2 is 2.38 bits per heavy atom. The third kappa shape index (κ3) is 2.10. The van der Waals surface area contributed by atoms with Gasteiger partial charge in [0, 0.05) is 12.3 Å². The average Bonchev–Trinajstić information content (AvgIpc) is 2.67. The second-order valence-electron chi connectivity index (χ2n) is 4.03. The monoisotopic (exact) mass is 217 g/mol. The summed E-state index contributed by atoms with van der Waals surface area (Å²) in [6.07, 6.45) is 1.15. The van der Waals surface area contributed by atoms with Gasteiger partial charge in [0.25, 0.3) is 0 Å². The van der Waals surface area contributed by atoms with Gasteiger partial charge in [-0.3, -0.25) is 0 Å². The zero-order chi connectivity index (χ0) is 11.5. The summed E-state index contributed by atoms with van der Waals surface area (Å²) < 4.78 is 5.46. The topological polar surface area (TPSA) is 71.1 Å². The maximum Gasteiger partial charge on any atom is 0.101 e. The molecule has 3 N–H and O–H groups in total. The number of nitrogens with two attached hydrogens (primary N) is 1. The van der Waals surface area contributed by atoms with Crippen molar-refractivity contribution in [2.75, 3.05) is 17.7 Å². The highest BCUT2D eigenvalue weighted by molar-refractivity contribution is 5.63. The highest BCUT2D eigenvalue weighted by Crippen LogP contribution is 2.23. The summed E-state index contributed by atoms with van der Waals surface area (Å²) in [5.74, 6) is 0. The van der Waals surface area contributed by atoms with Crippen molar-refractivity contribution in [1.29, 1.82) is 5.26 Å². The fourth-order valence-corrected chi connectivity index (χ4v) is 1.90. The second-order valence-corrected chi connectivity index (χ2v) is 4.03. The summed E-state index contributed by atoms with van der Waals surface area (Å²) in [4.78, 5) is 0. The molecule has 4 heteroatoms. The fraction of sp³-hybridized carbons (Fsp3) is 0.417. The van der Waals surface area contributed by atoms with Crippen LogP contribution in [0.15, 0.2) is 18.2 Å². The van der Waals surface area contributed by atoms with Gasteiger partial charge in [-0.05, 0) is 31.5 Å². The van der Waals surface area contributed by atoms with Crippen LogP contribution in [0.2, 0.25) is 0 Å². The number of benzene rings is 1. The first-order valence-corrected chi connectivity index (χ1v) is 5.38. The molecule has 2 unspecified atom stereocenters. The Balaban J connectivity index is 2.18. The summed E-state index contributed by atoms with van der Waals surface area (Å²) >= 11 is 0. The minimum absolute atomic E-state index is 0.184. The van der Waals surface area contributed by atoms with Crippen LogP contribution >= 0.6 is 0 Å². The third-order valence-corrected chi connectivity index (χ3v) is 2.88. The number of nitrogens with zero attached hydrogens (tertiary/aromatic N) is 1. The van der Waals surface area contributed by atoms with Crippen molar-refractivity contribution in [3.05, 3.63) is 23.8 Å². The largest absolute Gasteiger partial charge is 0.399 e. The van der Waals surface area contributed by atoms with Crippen molar-refractivity contribution >= 4 is 11.4 Å². The molecule has 84 valence electrons. The molecular weight excluding hydrogens is 202 g/mol. The van der Waals surface area contributed by atoms with E-state index in [2.05, 4.69) is 11.4 Å². The number of nitrogen functional groups attached to an aromatic ring is 1. The Labute approximate surface area is 95.0 Å². The number of ether oxygens (including phenoxy) is 1. The predicted molar refractivity (Wildman–Crippen MR) is 63.0 cm³/mol. The van der Waals surface area contributed by atoms with Gasteiger partial charge in [0.15, 0.2) is 0 Å². The molecule has 1 aliphatic heterocycles. The molecular formula is C12H15N3O. The standard InChI is InChI=1S/C12H15N3O/c1-8-11(4-5-16-8)15-12-3-2-10(14)6-9(12)7-13/h2-3,6,8,11,15H,4-5,14H2,1H3. The number of hydrogen-bond acceptors (Lipinski definition) is 4. The summed E-state index contributed by atoms with van der Waals surface area (Å²) in [6.45, 7) is 2.81. The first-order chi connectivity index (χ1) is 7.70. The van der Waals surface area contributed by atoms with Crippen molar-refractivity contribution in [3.63, 3.8) is 0 Å². The summed E-state index contributed by atoms with van der Waals surface area (Å²) in [5.41, 5.74) is 7.66. The van der Waals surface area contributed by atoms with Gasteiger partial charge in [0.2, 0.25) is 0 Å². The van der Waals surface area contributed by atoms with Crippen molar-refractivity contribution in [1.82, 2.24) is 0 Å². The SMILES string of the molecule is CC1OCCC1Nc1ccc(N)cc1C#N. The van der Waals surface area contributed by atoms with Gasteiger partial charge in [-0.2, -0.15) is 5.26 Å². The number of rotatable bonds is 2. The third-order valence-electron chi connectivity index (χ3n) is 2.88. The van der Waals surface area contributed by atoms with Gasteiger partial charge in [0.05, 0.1) is 23.4 Å². The van der Waals surface area contributed by atoms with E-state index in [1.165, 1.54) is 0 Å². The van der Waals surface area contributed by atoms with Gasteiger partial charge >= 0.3 is 0 Å². The van der Waals surface area contributed by atoms with Gasteiger partial charge in [0.1, 0.15) is 6.07 Å². The van der Waals surface area contributed by atoms with Gasteiger partial charge < -0.3 is 15.8 Å². The smallest absolute Gasteiger partial charge is 0.101 e. The molecule has 1 saturated heterocycles. The molecule has 0 radical (unpaired) electrons. The molecule has 16 heavy (non-hydrogen) atoms. The van der Waals surface area contributed by atoms with Crippen molar-refractivity contribution in [2.45, 2.75) is 25.5 Å². The first-order valence-electron chi connectivity index (χ1n) is 5.38. The van der Waals surface area contributed by atoms with Crippen molar-refractivity contribution in [3.8, 4) is 6.07 Å². The van der Waals surface area contributed by atoms with E-state index in [-0.39, 0.29) is 12.1 Å². The summed E-state index contributed by atoms with van der Waals surface area (Å²) in [5, 5.41) is 12.3. The quantitative estimate of drug-likeness (QED) is 0.740. The number of nitrogens with one attached hydrogen (secondary N) is 1. The fourth-order valence-electron chi connectivity index (χ4n) is 1.90. The van der Waals surface area contributed by atoms with Crippen LogP contribution in [-0.2, 0) is 4.74 Å². The molecule has 1 fully saturated rings. The molecule has 0 spiro atoms. The van der Waals surface area contributed by atoms with Gasteiger partial charge in [-0.15, -0.1) is 0 Å². The number of hydrogen-bond donors (Lipinski definition) is 2. The van der Waals surface area contributed by atoms with Crippen LogP contribution in [0.4, 0.5) is 11.4 Å². The maximum atomic E-state index is 9.01. The molecule has 0 aliphatic carbocycles. The average molecular weight is 217 g/mol. The molecule has 1 aromatic rings. The normalized spacial score (nSPS) is 24.0. The molecule has 4 nitrogen and oxygen atoms in total. The van der Waals surface area contributed by atoms with Gasteiger partial charge in [-0.1, -0.05) is 0 Å². The Bertz CT molecular complexity index is 425. The van der Waals surface area contributed by atoms with E-state index in [1.807, 2.05) is 13.0 Å². The lowest BCUT2D eigenvalue weighted by molar-refractivity contribution is 0.121. The Morgan fingerprint density at radius 1 is 1.56 bits per heavy atom. The zero-order valence-corrected chi connectivity index (χ0v) is 9.23. The minimum Gasteiger partial charge on any atom is -0.399 e. The van der Waals surface area contributed by atoms with E-state index >= 15 is 0 Å². The van der Waals surface area contributed by atoms with E-state index in [0.29, 0.717) is 11.3 Å². The van der Waals surface area contributed by atoms with Crippen LogP contribution in [0.3, 0.4) is 0 Å².